The molecule has 1 nitrogen and oxygen atoms in total. The molecule has 2 rings (SSSR count). The van der Waals surface area contributed by atoms with E-state index in [1.165, 1.54) is 36.7 Å². The highest BCUT2D eigenvalue weighted by molar-refractivity contribution is 6.69. The van der Waals surface area contributed by atoms with E-state index in [4.69, 9.17) is 0 Å². The van der Waals surface area contributed by atoms with Crippen LogP contribution in [0.3, 0.4) is 0 Å². The molecule has 2 saturated carbocycles. The number of Topliss-reactive ketones (excluding diaryl/α,β-unsaturated/α-hetero) is 1. The van der Waals surface area contributed by atoms with Gasteiger partial charge < -0.3 is 0 Å². The zero-order valence-corrected chi connectivity index (χ0v) is 12.8. The van der Waals surface area contributed by atoms with Crippen LogP contribution in [0.4, 0.5) is 0 Å². The third kappa shape index (κ3) is 3.04. The minimum Gasteiger partial charge on any atom is -0.299 e. The summed E-state index contributed by atoms with van der Waals surface area (Å²) in [4.78, 5) is 11.9. The highest BCUT2D eigenvalue weighted by Gasteiger charge is 2.50. The summed E-state index contributed by atoms with van der Waals surface area (Å²) in [5, 5.41) is 0. The van der Waals surface area contributed by atoms with E-state index in [1.54, 1.807) is 6.92 Å². The van der Waals surface area contributed by atoms with Crippen molar-refractivity contribution in [3.8, 4) is 0 Å². The van der Waals surface area contributed by atoms with Crippen molar-refractivity contribution in [3.63, 3.8) is 0 Å². The van der Waals surface area contributed by atoms with Gasteiger partial charge in [0, 0.05) is 5.41 Å². The zero-order valence-electron chi connectivity index (χ0n) is 12.8. The van der Waals surface area contributed by atoms with Crippen molar-refractivity contribution in [1.82, 2.24) is 0 Å². The lowest BCUT2D eigenvalue weighted by molar-refractivity contribution is -0.121. The third-order valence-electron chi connectivity index (χ3n) is 5.57. The summed E-state index contributed by atoms with van der Waals surface area (Å²) >= 11 is 0. The van der Waals surface area contributed by atoms with Gasteiger partial charge in [0.15, 0.2) is 6.71 Å². The average molecular weight is 258 g/mol. The Morgan fingerprint density at radius 3 is 2.32 bits per heavy atom. The van der Waals surface area contributed by atoms with Crippen LogP contribution in [-0.4, -0.2) is 12.5 Å². The molecule has 2 aliphatic carbocycles. The number of carbonyl (C=O) groups is 1. The van der Waals surface area contributed by atoms with E-state index in [0.29, 0.717) is 12.5 Å². The van der Waals surface area contributed by atoms with Crippen LogP contribution in [0.2, 0.25) is 12.1 Å². The molecule has 0 radical (unpaired) electrons. The van der Waals surface area contributed by atoms with Gasteiger partial charge in [-0.3, -0.25) is 4.79 Å². The number of hydrogen-bond donors (Lipinski definition) is 0. The number of hydrogen-bond acceptors (Lipinski definition) is 1. The lowest BCUT2D eigenvalue weighted by Gasteiger charge is -2.26. The minimum atomic E-state index is 0.0181. The van der Waals surface area contributed by atoms with Gasteiger partial charge >= 0.3 is 0 Å². The van der Waals surface area contributed by atoms with Gasteiger partial charge in [0.2, 0.25) is 0 Å². The van der Waals surface area contributed by atoms with Gasteiger partial charge in [0.25, 0.3) is 0 Å². The maximum Gasteiger partial charge on any atom is 0.179 e. The molecule has 19 heavy (non-hydrogen) atoms. The first-order valence-corrected chi connectivity index (χ1v) is 7.83. The second-order valence-corrected chi connectivity index (χ2v) is 6.69. The Morgan fingerprint density at radius 1 is 1.32 bits per heavy atom. The highest BCUT2D eigenvalue weighted by Crippen LogP contribution is 2.54. The molecule has 0 spiro atoms. The van der Waals surface area contributed by atoms with Crippen LogP contribution in [-0.2, 0) is 4.79 Å². The van der Waals surface area contributed by atoms with E-state index < -0.39 is 0 Å². The van der Waals surface area contributed by atoms with Gasteiger partial charge in [-0.1, -0.05) is 54.9 Å². The van der Waals surface area contributed by atoms with Crippen molar-refractivity contribution in [3.05, 3.63) is 23.7 Å². The summed E-state index contributed by atoms with van der Waals surface area (Å²) in [6, 6.07) is 0. The van der Waals surface area contributed by atoms with Crippen molar-refractivity contribution in [2.45, 2.75) is 71.4 Å². The summed E-state index contributed by atoms with van der Waals surface area (Å²) in [7, 11) is 0. The van der Waals surface area contributed by atoms with Crippen LogP contribution in [0.15, 0.2) is 23.7 Å². The Labute approximate surface area is 118 Å². The fourth-order valence-corrected chi connectivity index (χ4v) is 3.68. The van der Waals surface area contributed by atoms with Crippen molar-refractivity contribution >= 4 is 12.5 Å². The average Bonchev–Trinajstić information content (AvgIpc) is 3.00. The topological polar surface area (TPSA) is 17.1 Å². The summed E-state index contributed by atoms with van der Waals surface area (Å²) in [5.74, 6) is 1.17. The molecule has 2 heteroatoms. The largest absolute Gasteiger partial charge is 0.299 e. The molecule has 0 heterocycles. The summed E-state index contributed by atoms with van der Waals surface area (Å²) in [6.45, 7) is 10.9. The van der Waals surface area contributed by atoms with Gasteiger partial charge in [0.1, 0.15) is 5.78 Å². The molecule has 0 aromatic heterocycles. The van der Waals surface area contributed by atoms with Crippen molar-refractivity contribution in [2.75, 3.05) is 0 Å². The predicted molar refractivity (Wildman–Crippen MR) is 83.7 cm³/mol. The van der Waals surface area contributed by atoms with E-state index in [-0.39, 0.29) is 5.41 Å². The Morgan fingerprint density at radius 2 is 1.89 bits per heavy atom. The summed E-state index contributed by atoms with van der Waals surface area (Å²) < 4.78 is 0. The zero-order chi connectivity index (χ0) is 14.0. The minimum absolute atomic E-state index is 0.0181. The van der Waals surface area contributed by atoms with Gasteiger partial charge in [0.05, 0.1) is 0 Å². The lowest BCUT2D eigenvalue weighted by atomic mass is 9.32. The molecule has 0 aliphatic heterocycles. The lowest BCUT2D eigenvalue weighted by Crippen LogP contribution is -2.29. The normalized spacial score (nSPS) is 22.4. The molecule has 0 N–H and O–H groups in total. The molecule has 0 aromatic carbocycles. The summed E-state index contributed by atoms with van der Waals surface area (Å²) in [6.07, 6.45) is 10.8. The van der Waals surface area contributed by atoms with Crippen LogP contribution in [0, 0.1) is 5.41 Å². The first-order valence-electron chi connectivity index (χ1n) is 7.83. The van der Waals surface area contributed by atoms with Crippen LogP contribution in [0.25, 0.3) is 0 Å². The maximum absolute atomic E-state index is 11.9. The van der Waals surface area contributed by atoms with Gasteiger partial charge in [-0.05, 0) is 33.6 Å². The fourth-order valence-electron chi connectivity index (χ4n) is 3.68. The first-order chi connectivity index (χ1) is 9.00. The smallest absolute Gasteiger partial charge is 0.179 e. The second kappa shape index (κ2) is 5.69. The molecule has 2 fully saturated rings. The Balaban J connectivity index is 2.15. The van der Waals surface area contributed by atoms with Gasteiger partial charge in [-0.25, -0.2) is 0 Å². The first kappa shape index (κ1) is 14.6. The molecule has 0 bridgehead atoms. The number of allylic oxidation sites excluding steroid dienone is 3. The van der Waals surface area contributed by atoms with Crippen molar-refractivity contribution in [2.24, 2.45) is 5.41 Å². The predicted octanol–water partition coefficient (Wildman–Crippen LogP) is 4.86. The number of carbonyl (C=O) groups excluding carboxylic acids is 1. The molecule has 0 unspecified atom stereocenters. The van der Waals surface area contributed by atoms with Crippen molar-refractivity contribution < 1.29 is 4.79 Å². The molecule has 0 atom stereocenters. The molecular weight excluding hydrogens is 231 g/mol. The number of ketones is 1. The maximum atomic E-state index is 11.9. The third-order valence-corrected chi connectivity index (χ3v) is 5.57. The van der Waals surface area contributed by atoms with E-state index in [0.717, 1.165) is 25.0 Å². The van der Waals surface area contributed by atoms with Gasteiger partial charge in [-0.15, -0.1) is 6.58 Å². The molecule has 0 saturated heterocycles. The van der Waals surface area contributed by atoms with Crippen LogP contribution < -0.4 is 0 Å². The molecule has 0 amide bonds. The molecule has 2 aliphatic rings. The molecular formula is C17H27BO. The highest BCUT2D eigenvalue weighted by atomic mass is 16.1. The van der Waals surface area contributed by atoms with Gasteiger partial charge in [-0.2, -0.15) is 0 Å². The van der Waals surface area contributed by atoms with E-state index in [9.17, 15) is 4.79 Å². The van der Waals surface area contributed by atoms with Crippen LogP contribution in [0.5, 0.6) is 0 Å². The molecule has 0 aromatic rings. The fraction of sp³-hybridized carbons (Fsp3) is 0.706. The van der Waals surface area contributed by atoms with Crippen molar-refractivity contribution in [1.29, 1.82) is 0 Å². The van der Waals surface area contributed by atoms with E-state index in [1.807, 2.05) is 0 Å². The van der Waals surface area contributed by atoms with Crippen LogP contribution >= 0.6 is 0 Å². The van der Waals surface area contributed by atoms with Crippen LogP contribution in [0.1, 0.15) is 59.3 Å². The van der Waals surface area contributed by atoms with E-state index in [2.05, 4.69) is 26.5 Å². The Hall–Kier alpha value is -0.785. The second-order valence-electron chi connectivity index (χ2n) is 6.69. The van der Waals surface area contributed by atoms with E-state index >= 15 is 0 Å². The number of rotatable bonds is 6. The Bertz CT molecular complexity index is 397. The standard InChI is InChI=1S/C17H27BO/c1-5-13(2)14(3)18(16-8-6-7-9-16)12-17(10-11-17)15(4)19/h5,16H,3,6-12H2,1-2,4H3/b13-5-. The monoisotopic (exact) mass is 258 g/mol. The quantitative estimate of drug-likeness (QED) is 0.491. The Kier molecular flexibility index (Phi) is 4.38. The summed E-state index contributed by atoms with van der Waals surface area (Å²) in [5.41, 5.74) is 2.63. The SMILES string of the molecule is C=C(B(CC1(C(C)=O)CC1)C1CCCC1)/C(C)=C\C. The molecule has 104 valence electrons.